The fourth-order valence-electron chi connectivity index (χ4n) is 2.13. The number of para-hydroxylation sites is 1. The van der Waals surface area contributed by atoms with Crippen molar-refractivity contribution in [3.8, 4) is 17.1 Å². The van der Waals surface area contributed by atoms with Gasteiger partial charge in [-0.05, 0) is 18.1 Å². The first-order valence-corrected chi connectivity index (χ1v) is 8.33. The summed E-state index contributed by atoms with van der Waals surface area (Å²) in [5, 5.41) is 9.06. The molecule has 1 amide bonds. The summed E-state index contributed by atoms with van der Waals surface area (Å²) in [6, 6.07) is 8.98. The Balaban J connectivity index is 1.78. The van der Waals surface area contributed by atoms with Crippen LogP contribution in [0, 0.1) is 0 Å². The van der Waals surface area contributed by atoms with Crippen LogP contribution in [0.4, 0.5) is 5.13 Å². The average molecular weight is 343 g/mol. The first-order chi connectivity index (χ1) is 11.6. The van der Waals surface area contributed by atoms with Crippen LogP contribution >= 0.6 is 11.3 Å². The molecule has 0 atom stereocenters. The minimum Gasteiger partial charge on any atom is -0.496 e. The zero-order valence-corrected chi connectivity index (χ0v) is 14.4. The van der Waals surface area contributed by atoms with Gasteiger partial charge < -0.3 is 9.26 Å². The number of aromatic nitrogens is 2. The molecule has 0 bridgehead atoms. The highest BCUT2D eigenvalue weighted by Crippen LogP contribution is 2.30. The molecule has 1 N–H and O–H groups in total. The van der Waals surface area contributed by atoms with E-state index in [4.69, 9.17) is 9.26 Å². The van der Waals surface area contributed by atoms with Gasteiger partial charge in [0.1, 0.15) is 5.75 Å². The zero-order chi connectivity index (χ0) is 17.1. The first kappa shape index (κ1) is 16.2. The molecule has 0 fully saturated rings. The maximum Gasteiger partial charge on any atom is 0.279 e. The van der Waals surface area contributed by atoms with Gasteiger partial charge in [-0.1, -0.05) is 31.1 Å². The third kappa shape index (κ3) is 3.30. The molecule has 0 unspecified atom stereocenters. The summed E-state index contributed by atoms with van der Waals surface area (Å²) in [5.41, 5.74) is 1.88. The van der Waals surface area contributed by atoms with E-state index < -0.39 is 0 Å². The predicted octanol–water partition coefficient (Wildman–Crippen LogP) is 4.18. The van der Waals surface area contributed by atoms with Crippen molar-refractivity contribution in [1.82, 2.24) is 10.1 Å². The molecule has 6 nitrogen and oxygen atoms in total. The van der Waals surface area contributed by atoms with Crippen LogP contribution in [0.3, 0.4) is 0 Å². The number of methoxy groups -OCH3 is 1. The maximum atomic E-state index is 12.3. The molecule has 0 aliphatic carbocycles. The predicted molar refractivity (Wildman–Crippen MR) is 92.6 cm³/mol. The van der Waals surface area contributed by atoms with Crippen LogP contribution in [-0.4, -0.2) is 23.2 Å². The van der Waals surface area contributed by atoms with Gasteiger partial charge in [0.25, 0.3) is 5.91 Å². The SMILES string of the molecule is COc1ccccc1-c1cc(C(=O)Nc2nc(C(C)C)cs2)no1. The number of thiazole rings is 1. The van der Waals surface area contributed by atoms with Crippen LogP contribution < -0.4 is 10.1 Å². The molecule has 7 heteroatoms. The lowest BCUT2D eigenvalue weighted by Crippen LogP contribution is -2.12. The van der Waals surface area contributed by atoms with Crippen LogP contribution in [0.1, 0.15) is 35.9 Å². The number of hydrogen-bond acceptors (Lipinski definition) is 6. The van der Waals surface area contributed by atoms with E-state index in [1.54, 1.807) is 13.2 Å². The van der Waals surface area contributed by atoms with E-state index in [0.29, 0.717) is 22.6 Å². The number of amides is 1. The highest BCUT2D eigenvalue weighted by molar-refractivity contribution is 7.14. The Morgan fingerprint density at radius 2 is 2.12 bits per heavy atom. The molecule has 24 heavy (non-hydrogen) atoms. The van der Waals surface area contributed by atoms with Gasteiger partial charge in [-0.2, -0.15) is 0 Å². The highest BCUT2D eigenvalue weighted by atomic mass is 32.1. The normalized spacial score (nSPS) is 10.8. The van der Waals surface area contributed by atoms with Crippen LogP contribution in [-0.2, 0) is 0 Å². The third-order valence-electron chi connectivity index (χ3n) is 3.45. The summed E-state index contributed by atoms with van der Waals surface area (Å²) in [7, 11) is 1.58. The number of rotatable bonds is 5. The molecule has 0 spiro atoms. The minimum absolute atomic E-state index is 0.192. The van der Waals surface area contributed by atoms with E-state index in [1.165, 1.54) is 11.3 Å². The lowest BCUT2D eigenvalue weighted by Gasteiger charge is -2.03. The molecule has 0 aliphatic rings. The van der Waals surface area contributed by atoms with Crippen molar-refractivity contribution in [3.63, 3.8) is 0 Å². The Morgan fingerprint density at radius 3 is 2.83 bits per heavy atom. The van der Waals surface area contributed by atoms with E-state index in [2.05, 4.69) is 29.3 Å². The molecule has 3 rings (SSSR count). The second-order valence-electron chi connectivity index (χ2n) is 5.46. The molecule has 0 saturated heterocycles. The van der Waals surface area contributed by atoms with Crippen molar-refractivity contribution >= 4 is 22.4 Å². The summed E-state index contributed by atoms with van der Waals surface area (Å²) in [4.78, 5) is 16.7. The number of carbonyl (C=O) groups excluding carboxylic acids is 1. The van der Waals surface area contributed by atoms with Crippen molar-refractivity contribution in [3.05, 3.63) is 47.1 Å². The smallest absolute Gasteiger partial charge is 0.279 e. The molecule has 1 aromatic carbocycles. The number of nitrogens with zero attached hydrogens (tertiary/aromatic N) is 2. The molecule has 3 aromatic rings. The van der Waals surface area contributed by atoms with E-state index >= 15 is 0 Å². The molecular weight excluding hydrogens is 326 g/mol. The molecule has 124 valence electrons. The van der Waals surface area contributed by atoms with Gasteiger partial charge in [-0.3, -0.25) is 10.1 Å². The summed E-state index contributed by atoms with van der Waals surface area (Å²) < 4.78 is 10.6. The molecule has 2 heterocycles. The van der Waals surface area contributed by atoms with Gasteiger partial charge in [0.05, 0.1) is 18.4 Å². The fraction of sp³-hybridized carbons (Fsp3) is 0.235. The Labute approximate surface area is 143 Å². The van der Waals surface area contributed by atoms with Crippen molar-refractivity contribution in [2.75, 3.05) is 12.4 Å². The van der Waals surface area contributed by atoms with E-state index in [1.807, 2.05) is 29.6 Å². The Morgan fingerprint density at radius 1 is 1.33 bits per heavy atom. The molecule has 2 aromatic heterocycles. The molecule has 0 saturated carbocycles. The Hall–Kier alpha value is -2.67. The number of hydrogen-bond donors (Lipinski definition) is 1. The number of carbonyl (C=O) groups is 1. The van der Waals surface area contributed by atoms with Gasteiger partial charge in [0.15, 0.2) is 16.6 Å². The second kappa shape index (κ2) is 6.84. The number of anilines is 1. The summed E-state index contributed by atoms with van der Waals surface area (Å²) >= 11 is 1.39. The van der Waals surface area contributed by atoms with Gasteiger partial charge >= 0.3 is 0 Å². The van der Waals surface area contributed by atoms with Crippen LogP contribution in [0.2, 0.25) is 0 Å². The summed E-state index contributed by atoms with van der Waals surface area (Å²) in [5.74, 6) is 1.09. The van der Waals surface area contributed by atoms with Crippen molar-refractivity contribution in [2.45, 2.75) is 19.8 Å². The summed E-state index contributed by atoms with van der Waals surface area (Å²) in [6.07, 6.45) is 0. The van der Waals surface area contributed by atoms with E-state index in [0.717, 1.165) is 11.3 Å². The second-order valence-corrected chi connectivity index (χ2v) is 6.32. The quantitative estimate of drug-likeness (QED) is 0.752. The number of nitrogens with one attached hydrogen (secondary N) is 1. The zero-order valence-electron chi connectivity index (χ0n) is 13.6. The Kier molecular flexibility index (Phi) is 4.61. The van der Waals surface area contributed by atoms with Crippen molar-refractivity contribution < 1.29 is 14.1 Å². The number of ether oxygens (including phenoxy) is 1. The minimum atomic E-state index is -0.357. The van der Waals surface area contributed by atoms with Crippen molar-refractivity contribution in [1.29, 1.82) is 0 Å². The van der Waals surface area contributed by atoms with Gasteiger partial charge in [0, 0.05) is 11.4 Å². The van der Waals surface area contributed by atoms with E-state index in [9.17, 15) is 4.79 Å². The average Bonchev–Trinajstić information content (AvgIpc) is 3.24. The monoisotopic (exact) mass is 343 g/mol. The standard InChI is InChI=1S/C17H17N3O3S/c1-10(2)13-9-24-17(18-13)19-16(21)12-8-15(23-20-12)11-6-4-5-7-14(11)22-3/h4-10H,1-3H3,(H,18,19,21). The van der Waals surface area contributed by atoms with Crippen LogP contribution in [0.15, 0.2) is 40.2 Å². The number of benzene rings is 1. The first-order valence-electron chi connectivity index (χ1n) is 7.45. The highest BCUT2D eigenvalue weighted by Gasteiger charge is 2.17. The Bertz CT molecular complexity index is 854. The van der Waals surface area contributed by atoms with Crippen molar-refractivity contribution in [2.24, 2.45) is 0 Å². The van der Waals surface area contributed by atoms with Gasteiger partial charge in [-0.15, -0.1) is 11.3 Å². The fourth-order valence-corrected chi connectivity index (χ4v) is 2.99. The van der Waals surface area contributed by atoms with Gasteiger partial charge in [0.2, 0.25) is 0 Å². The van der Waals surface area contributed by atoms with Crippen LogP contribution in [0.5, 0.6) is 5.75 Å². The lowest BCUT2D eigenvalue weighted by molar-refractivity contribution is 0.101. The third-order valence-corrected chi connectivity index (χ3v) is 4.23. The molecular formula is C17H17N3O3S. The largest absolute Gasteiger partial charge is 0.496 e. The van der Waals surface area contributed by atoms with E-state index in [-0.39, 0.29) is 11.6 Å². The molecule has 0 aliphatic heterocycles. The summed E-state index contributed by atoms with van der Waals surface area (Å²) in [6.45, 7) is 4.11. The maximum absolute atomic E-state index is 12.3. The van der Waals surface area contributed by atoms with Crippen LogP contribution in [0.25, 0.3) is 11.3 Å². The topological polar surface area (TPSA) is 77.2 Å². The van der Waals surface area contributed by atoms with Gasteiger partial charge in [-0.25, -0.2) is 4.98 Å². The lowest BCUT2D eigenvalue weighted by atomic mass is 10.1. The molecule has 0 radical (unpaired) electrons.